The van der Waals surface area contributed by atoms with Crippen LogP contribution in [0.3, 0.4) is 0 Å². The molecule has 30 heavy (non-hydrogen) atoms. The minimum Gasteiger partial charge on any atom is -0.342 e. The molecule has 0 aliphatic carbocycles. The van der Waals surface area contributed by atoms with Crippen molar-refractivity contribution in [2.45, 2.75) is 31.1 Å². The molecule has 0 atom stereocenters. The Morgan fingerprint density at radius 1 is 1.10 bits per heavy atom. The van der Waals surface area contributed by atoms with Gasteiger partial charge in [0.15, 0.2) is 0 Å². The molecule has 0 unspecified atom stereocenters. The van der Waals surface area contributed by atoms with Gasteiger partial charge in [-0.15, -0.1) is 0 Å². The zero-order valence-electron chi connectivity index (χ0n) is 16.9. The summed E-state index contributed by atoms with van der Waals surface area (Å²) in [4.78, 5) is 14.9. The summed E-state index contributed by atoms with van der Waals surface area (Å²) in [5.41, 5.74) is 1.20. The van der Waals surface area contributed by atoms with E-state index >= 15 is 0 Å². The van der Waals surface area contributed by atoms with Crippen molar-refractivity contribution in [3.8, 4) is 0 Å². The van der Waals surface area contributed by atoms with E-state index in [0.29, 0.717) is 31.0 Å². The molecule has 1 saturated heterocycles. The third kappa shape index (κ3) is 5.35. The normalized spacial score (nSPS) is 15.8. The van der Waals surface area contributed by atoms with Crippen molar-refractivity contribution in [1.29, 1.82) is 0 Å². The van der Waals surface area contributed by atoms with Crippen molar-refractivity contribution in [3.05, 3.63) is 64.1 Å². The molecule has 2 aromatic carbocycles. The topological polar surface area (TPSA) is 57.7 Å². The van der Waals surface area contributed by atoms with Crippen LogP contribution in [0.5, 0.6) is 0 Å². The zero-order valence-corrected chi connectivity index (χ0v) is 19.3. The summed E-state index contributed by atoms with van der Waals surface area (Å²) in [6, 6.07) is 14.5. The number of amides is 1. The molecule has 0 spiro atoms. The fourth-order valence-electron chi connectivity index (χ4n) is 3.75. The molecule has 0 saturated carbocycles. The Morgan fingerprint density at radius 2 is 1.77 bits per heavy atom. The van der Waals surface area contributed by atoms with Gasteiger partial charge in [-0.1, -0.05) is 53.5 Å². The highest BCUT2D eigenvalue weighted by Gasteiger charge is 2.34. The summed E-state index contributed by atoms with van der Waals surface area (Å²) in [6.07, 6.45) is 1.80. The highest BCUT2D eigenvalue weighted by atomic mass is 35.5. The molecule has 1 fully saturated rings. The third-order valence-electron chi connectivity index (χ3n) is 5.52. The van der Waals surface area contributed by atoms with E-state index in [0.717, 1.165) is 6.42 Å². The Morgan fingerprint density at radius 3 is 2.40 bits per heavy atom. The van der Waals surface area contributed by atoms with Gasteiger partial charge in [0.25, 0.3) is 0 Å². The van der Waals surface area contributed by atoms with Crippen LogP contribution >= 0.6 is 23.2 Å². The molecule has 5 nitrogen and oxygen atoms in total. The number of rotatable bonds is 7. The van der Waals surface area contributed by atoms with E-state index < -0.39 is 10.0 Å². The second kappa shape index (κ2) is 10.1. The van der Waals surface area contributed by atoms with Crippen LogP contribution in [0.25, 0.3) is 0 Å². The van der Waals surface area contributed by atoms with Gasteiger partial charge < -0.3 is 4.90 Å². The number of carbonyl (C=O) groups excluding carboxylic acids is 1. The lowest BCUT2D eigenvalue weighted by molar-refractivity contribution is -0.136. The monoisotopic (exact) mass is 468 g/mol. The molecule has 8 heteroatoms. The maximum Gasteiger partial charge on any atom is 0.244 e. The van der Waals surface area contributed by atoms with E-state index in [4.69, 9.17) is 23.2 Å². The first-order chi connectivity index (χ1) is 14.3. The fourth-order valence-corrected chi connectivity index (χ4v) is 5.96. The SMILES string of the molecule is CCN(CCc1ccccc1)C(=O)C1CCN(S(=O)(=O)c2cc(Cl)ccc2Cl)CC1. The number of piperidine rings is 1. The summed E-state index contributed by atoms with van der Waals surface area (Å²) >= 11 is 12.1. The van der Waals surface area contributed by atoms with Crippen LogP contribution in [0.2, 0.25) is 10.0 Å². The van der Waals surface area contributed by atoms with E-state index in [1.54, 1.807) is 6.07 Å². The summed E-state index contributed by atoms with van der Waals surface area (Å²) in [5, 5.41) is 0.468. The number of carbonyl (C=O) groups is 1. The standard InChI is InChI=1S/C22H26Cl2N2O3S/c1-2-25(13-10-17-6-4-3-5-7-17)22(27)18-11-14-26(15-12-18)30(28,29)21-16-19(23)8-9-20(21)24/h3-9,16,18H,2,10-15H2,1H3. The van der Waals surface area contributed by atoms with Crippen molar-refractivity contribution < 1.29 is 13.2 Å². The molecule has 0 aromatic heterocycles. The summed E-state index contributed by atoms with van der Waals surface area (Å²) in [6.45, 7) is 3.86. The number of sulfonamides is 1. The molecule has 1 aliphatic rings. The van der Waals surface area contributed by atoms with E-state index in [1.807, 2.05) is 30.0 Å². The lowest BCUT2D eigenvalue weighted by atomic mass is 9.96. The number of nitrogens with zero attached hydrogens (tertiary/aromatic N) is 2. The molecular formula is C22H26Cl2N2O3S. The van der Waals surface area contributed by atoms with E-state index in [-0.39, 0.29) is 34.8 Å². The van der Waals surface area contributed by atoms with Crippen molar-refractivity contribution in [2.75, 3.05) is 26.2 Å². The second-order valence-electron chi connectivity index (χ2n) is 7.41. The highest BCUT2D eigenvalue weighted by Crippen LogP contribution is 2.30. The van der Waals surface area contributed by atoms with Gasteiger partial charge >= 0.3 is 0 Å². The minimum atomic E-state index is -3.74. The Bertz CT molecular complexity index is 975. The molecule has 0 N–H and O–H groups in total. The Hall–Kier alpha value is -1.60. The lowest BCUT2D eigenvalue weighted by Crippen LogP contribution is -2.44. The average Bonchev–Trinajstić information content (AvgIpc) is 2.76. The largest absolute Gasteiger partial charge is 0.342 e. The molecule has 1 heterocycles. The van der Waals surface area contributed by atoms with Crippen LogP contribution in [0.1, 0.15) is 25.3 Å². The summed E-state index contributed by atoms with van der Waals surface area (Å²) in [7, 11) is -3.74. The number of halogens is 2. The lowest BCUT2D eigenvalue weighted by Gasteiger charge is -2.33. The van der Waals surface area contributed by atoms with E-state index in [1.165, 1.54) is 22.0 Å². The number of hydrogen-bond donors (Lipinski definition) is 0. The highest BCUT2D eigenvalue weighted by molar-refractivity contribution is 7.89. The zero-order chi connectivity index (χ0) is 21.7. The van der Waals surface area contributed by atoms with Crippen LogP contribution < -0.4 is 0 Å². The van der Waals surface area contributed by atoms with E-state index in [2.05, 4.69) is 12.1 Å². The smallest absolute Gasteiger partial charge is 0.244 e. The van der Waals surface area contributed by atoms with Gasteiger partial charge in [-0.2, -0.15) is 4.31 Å². The van der Waals surface area contributed by atoms with Gasteiger partial charge in [0.05, 0.1) is 5.02 Å². The van der Waals surface area contributed by atoms with Crippen LogP contribution in [0.4, 0.5) is 0 Å². The molecule has 2 aromatic rings. The quantitative estimate of drug-likeness (QED) is 0.601. The third-order valence-corrected chi connectivity index (χ3v) is 8.14. The van der Waals surface area contributed by atoms with Crippen molar-refractivity contribution >= 4 is 39.1 Å². The Balaban J connectivity index is 1.61. The van der Waals surface area contributed by atoms with Gasteiger partial charge in [0.1, 0.15) is 4.90 Å². The molecule has 1 aliphatic heterocycles. The number of hydrogen-bond acceptors (Lipinski definition) is 3. The predicted molar refractivity (Wildman–Crippen MR) is 120 cm³/mol. The molecule has 1 amide bonds. The predicted octanol–water partition coefficient (Wildman–Crippen LogP) is 4.49. The van der Waals surface area contributed by atoms with Gasteiger partial charge in [-0.3, -0.25) is 4.79 Å². The van der Waals surface area contributed by atoms with Gasteiger partial charge in [0.2, 0.25) is 15.9 Å². The first-order valence-corrected chi connectivity index (χ1v) is 12.3. The van der Waals surface area contributed by atoms with Gasteiger partial charge in [0, 0.05) is 37.1 Å². The van der Waals surface area contributed by atoms with Crippen molar-refractivity contribution in [3.63, 3.8) is 0 Å². The second-order valence-corrected chi connectivity index (χ2v) is 10.2. The molecule has 162 valence electrons. The summed E-state index contributed by atoms with van der Waals surface area (Å²) < 4.78 is 27.3. The van der Waals surface area contributed by atoms with Crippen LogP contribution in [0.15, 0.2) is 53.4 Å². The van der Waals surface area contributed by atoms with Crippen LogP contribution in [-0.2, 0) is 21.2 Å². The Kier molecular flexibility index (Phi) is 7.80. The van der Waals surface area contributed by atoms with Crippen LogP contribution in [-0.4, -0.2) is 49.7 Å². The number of benzene rings is 2. The number of likely N-dealkylation sites (N-methyl/N-ethyl adjacent to an activating group) is 1. The average molecular weight is 469 g/mol. The van der Waals surface area contributed by atoms with Crippen LogP contribution in [0, 0.1) is 5.92 Å². The molecular weight excluding hydrogens is 443 g/mol. The Labute approximate surface area is 188 Å². The van der Waals surface area contributed by atoms with Gasteiger partial charge in [-0.25, -0.2) is 8.42 Å². The minimum absolute atomic E-state index is 0.0134. The van der Waals surface area contributed by atoms with Crippen molar-refractivity contribution in [1.82, 2.24) is 9.21 Å². The maximum atomic E-state index is 13.0. The maximum absolute atomic E-state index is 13.0. The molecule has 0 bridgehead atoms. The molecule has 0 radical (unpaired) electrons. The summed E-state index contributed by atoms with van der Waals surface area (Å²) in [5.74, 6) is -0.0618. The first-order valence-electron chi connectivity index (χ1n) is 10.1. The fraction of sp³-hybridized carbons (Fsp3) is 0.409. The molecule has 3 rings (SSSR count). The van der Waals surface area contributed by atoms with Crippen molar-refractivity contribution in [2.24, 2.45) is 5.92 Å². The van der Waals surface area contributed by atoms with E-state index in [9.17, 15) is 13.2 Å². The first kappa shape index (κ1) is 23.1. The van der Waals surface area contributed by atoms with Gasteiger partial charge in [-0.05, 0) is 49.9 Å².